The predicted octanol–water partition coefficient (Wildman–Crippen LogP) is 6.38. The zero-order valence-electron chi connectivity index (χ0n) is 27.6. The van der Waals surface area contributed by atoms with E-state index in [9.17, 15) is 32.3 Å². The molecule has 9 nitrogen and oxygen atoms in total. The molecule has 6 rings (SSSR count). The molecule has 2 aliphatic heterocycles. The van der Waals surface area contributed by atoms with Gasteiger partial charge in [0.1, 0.15) is 5.60 Å². The third-order valence-electron chi connectivity index (χ3n) is 10.5. The summed E-state index contributed by atoms with van der Waals surface area (Å²) in [4.78, 5) is 58.4. The van der Waals surface area contributed by atoms with Crippen LogP contribution in [0.4, 0.5) is 23.7 Å². The zero-order chi connectivity index (χ0) is 33.9. The predicted molar refractivity (Wildman–Crippen MR) is 171 cm³/mol. The van der Waals surface area contributed by atoms with Crippen LogP contribution in [0.2, 0.25) is 0 Å². The van der Waals surface area contributed by atoms with Crippen LogP contribution < -0.4 is 10.2 Å². The number of rotatable bonds is 7. The Kier molecular flexibility index (Phi) is 8.79. The third kappa shape index (κ3) is 6.45. The number of hydrogen-bond donors (Lipinski definition) is 1. The van der Waals surface area contributed by atoms with Crippen LogP contribution in [0, 0.1) is 5.41 Å². The maximum Gasteiger partial charge on any atom is 0.417 e. The van der Waals surface area contributed by atoms with Crippen LogP contribution >= 0.6 is 11.8 Å². The SMILES string of the molecule is CCC(=O)NCCN1C(=O)C2(CCC2)Sc2cc(C(F)(F)F)c(C(=O)N(C3CCC3)[C@H]3C[C@@]34CCCN(C(=O)OC(C)(C)C)C4)cc21. The lowest BCUT2D eigenvalue weighted by Gasteiger charge is -2.47. The van der Waals surface area contributed by atoms with Crippen molar-refractivity contribution in [1.82, 2.24) is 15.1 Å². The molecule has 13 heteroatoms. The molecular formula is C34H45F3N4O5S. The molecule has 1 aromatic carbocycles. The van der Waals surface area contributed by atoms with Gasteiger partial charge in [-0.1, -0.05) is 6.92 Å². The molecule has 3 saturated carbocycles. The molecule has 47 heavy (non-hydrogen) atoms. The summed E-state index contributed by atoms with van der Waals surface area (Å²) in [7, 11) is 0. The number of carbonyl (C=O) groups excluding carboxylic acids is 4. The minimum Gasteiger partial charge on any atom is -0.444 e. The van der Waals surface area contributed by atoms with Crippen LogP contribution in [0.1, 0.15) is 108 Å². The largest absolute Gasteiger partial charge is 0.444 e. The minimum absolute atomic E-state index is 0.0947. The van der Waals surface area contributed by atoms with E-state index in [0.29, 0.717) is 50.1 Å². The van der Waals surface area contributed by atoms with Crippen LogP contribution in [0.5, 0.6) is 0 Å². The molecule has 5 aliphatic rings. The van der Waals surface area contributed by atoms with E-state index >= 15 is 0 Å². The lowest BCUT2D eigenvalue weighted by atomic mass is 9.82. The fourth-order valence-corrected chi connectivity index (χ4v) is 9.08. The molecule has 2 heterocycles. The Balaban J connectivity index is 1.34. The summed E-state index contributed by atoms with van der Waals surface area (Å²) in [5.41, 5.74) is -2.21. The van der Waals surface area contributed by atoms with Gasteiger partial charge in [-0.25, -0.2) is 4.79 Å². The molecule has 0 bridgehead atoms. The number of ether oxygens (including phenoxy) is 1. The van der Waals surface area contributed by atoms with E-state index in [4.69, 9.17) is 4.74 Å². The fourth-order valence-electron chi connectivity index (χ4n) is 7.52. The van der Waals surface area contributed by atoms with Crippen LogP contribution in [-0.4, -0.2) is 82.2 Å². The first-order chi connectivity index (χ1) is 22.1. The van der Waals surface area contributed by atoms with Gasteiger partial charge in [-0.2, -0.15) is 13.2 Å². The molecule has 3 aliphatic carbocycles. The number of nitrogens with zero attached hydrogens (tertiary/aromatic N) is 3. The monoisotopic (exact) mass is 678 g/mol. The molecule has 258 valence electrons. The van der Waals surface area contributed by atoms with Crippen molar-refractivity contribution >= 4 is 41.3 Å². The van der Waals surface area contributed by atoms with E-state index in [1.165, 1.54) is 22.7 Å². The van der Waals surface area contributed by atoms with Crippen LogP contribution in [0.3, 0.4) is 0 Å². The smallest absolute Gasteiger partial charge is 0.417 e. The molecule has 2 spiro atoms. The minimum atomic E-state index is -4.79. The Hall–Kier alpha value is -2.96. The molecule has 2 atom stereocenters. The molecular weight excluding hydrogens is 633 g/mol. The summed E-state index contributed by atoms with van der Waals surface area (Å²) in [5, 5.41) is 2.76. The summed E-state index contributed by atoms with van der Waals surface area (Å²) < 4.78 is 49.2. The average molecular weight is 679 g/mol. The number of alkyl halides is 3. The van der Waals surface area contributed by atoms with Gasteiger partial charge in [-0.15, -0.1) is 11.8 Å². The number of likely N-dealkylation sites (tertiary alicyclic amines) is 1. The topological polar surface area (TPSA) is 99.3 Å². The summed E-state index contributed by atoms with van der Waals surface area (Å²) >= 11 is 1.17. The van der Waals surface area contributed by atoms with Crippen LogP contribution in [-0.2, 0) is 20.5 Å². The number of halogens is 3. The normalized spacial score (nSPS) is 25.2. The van der Waals surface area contributed by atoms with Gasteiger partial charge >= 0.3 is 12.3 Å². The summed E-state index contributed by atoms with van der Waals surface area (Å²) in [5.74, 6) is -1.05. The van der Waals surface area contributed by atoms with Crippen molar-refractivity contribution in [1.29, 1.82) is 0 Å². The van der Waals surface area contributed by atoms with Crippen molar-refractivity contribution in [2.75, 3.05) is 31.1 Å². The van der Waals surface area contributed by atoms with E-state index in [1.54, 1.807) is 37.5 Å². The highest BCUT2D eigenvalue weighted by atomic mass is 32.2. The number of amides is 4. The lowest BCUT2D eigenvalue weighted by Crippen LogP contribution is -2.55. The number of carbonyl (C=O) groups is 4. The van der Waals surface area contributed by atoms with Crippen molar-refractivity contribution in [2.24, 2.45) is 5.41 Å². The molecule has 0 radical (unpaired) electrons. The van der Waals surface area contributed by atoms with Gasteiger partial charge in [0.05, 0.1) is 21.6 Å². The fraction of sp³-hybridized carbons (Fsp3) is 0.706. The molecule has 1 saturated heterocycles. The van der Waals surface area contributed by atoms with E-state index in [0.717, 1.165) is 31.7 Å². The van der Waals surface area contributed by atoms with Gasteiger partial charge in [-0.3, -0.25) is 14.4 Å². The van der Waals surface area contributed by atoms with Gasteiger partial charge in [0, 0.05) is 55.0 Å². The van der Waals surface area contributed by atoms with Crippen molar-refractivity contribution in [3.05, 3.63) is 23.3 Å². The van der Waals surface area contributed by atoms with Gasteiger partial charge < -0.3 is 24.8 Å². The number of anilines is 1. The molecule has 4 fully saturated rings. The first kappa shape index (κ1) is 33.9. The number of benzene rings is 1. The van der Waals surface area contributed by atoms with Crippen molar-refractivity contribution in [3.63, 3.8) is 0 Å². The van der Waals surface area contributed by atoms with Gasteiger partial charge in [0.2, 0.25) is 11.8 Å². The number of hydrogen-bond acceptors (Lipinski definition) is 6. The van der Waals surface area contributed by atoms with Crippen molar-refractivity contribution < 1.29 is 37.1 Å². The van der Waals surface area contributed by atoms with Crippen molar-refractivity contribution in [2.45, 2.75) is 125 Å². The Labute approximate surface area is 278 Å². The van der Waals surface area contributed by atoms with Crippen LogP contribution in [0.15, 0.2) is 17.0 Å². The van der Waals surface area contributed by atoms with Crippen molar-refractivity contribution in [3.8, 4) is 0 Å². The summed E-state index contributed by atoms with van der Waals surface area (Å²) in [6.07, 6.45) is 1.41. The lowest BCUT2D eigenvalue weighted by molar-refractivity contribution is -0.138. The highest BCUT2D eigenvalue weighted by molar-refractivity contribution is 8.01. The number of nitrogens with one attached hydrogen (secondary N) is 1. The molecule has 1 N–H and O–H groups in total. The van der Waals surface area contributed by atoms with E-state index in [2.05, 4.69) is 5.32 Å². The summed E-state index contributed by atoms with van der Waals surface area (Å²) in [6, 6.07) is 1.85. The van der Waals surface area contributed by atoms with Crippen LogP contribution in [0.25, 0.3) is 0 Å². The zero-order valence-corrected chi connectivity index (χ0v) is 28.5. The van der Waals surface area contributed by atoms with E-state index < -0.39 is 39.7 Å². The maximum atomic E-state index is 14.8. The van der Waals surface area contributed by atoms with Gasteiger partial charge in [0.15, 0.2) is 0 Å². The highest BCUT2D eigenvalue weighted by Crippen LogP contribution is 2.59. The summed E-state index contributed by atoms with van der Waals surface area (Å²) in [6.45, 7) is 8.30. The van der Waals surface area contributed by atoms with E-state index in [1.807, 2.05) is 0 Å². The molecule has 0 unspecified atom stereocenters. The number of fused-ring (bicyclic) bond motifs is 1. The number of thioether (sulfide) groups is 1. The van der Waals surface area contributed by atoms with E-state index in [-0.39, 0.29) is 54.5 Å². The number of piperidine rings is 1. The second-order valence-electron chi connectivity index (χ2n) is 14.9. The highest BCUT2D eigenvalue weighted by Gasteiger charge is 2.62. The first-order valence-electron chi connectivity index (χ1n) is 16.9. The molecule has 0 aromatic heterocycles. The Morgan fingerprint density at radius 3 is 2.38 bits per heavy atom. The third-order valence-corrected chi connectivity index (χ3v) is 12.0. The standard InChI is InChI=1S/C34H45F3N4O5S/c1-5-27(42)38-14-16-40-24-17-22(23(34(35,36)37)18-25(24)47-33(29(40)44)12-7-13-33)28(43)41(21-9-6-10-21)26-19-32(26)11-8-15-39(20-32)30(45)46-31(2,3)4/h17-18,21,26H,5-16,19-20H2,1-4H3,(H,38,42)/t26-,32+/m0/s1. The Bertz CT molecular complexity index is 1450. The second kappa shape index (κ2) is 12.2. The quantitative estimate of drug-likeness (QED) is 0.360. The second-order valence-corrected chi connectivity index (χ2v) is 16.3. The average Bonchev–Trinajstić information content (AvgIpc) is 3.63. The molecule has 1 aromatic rings. The maximum absolute atomic E-state index is 14.8. The first-order valence-corrected chi connectivity index (χ1v) is 17.7. The Morgan fingerprint density at radius 2 is 1.81 bits per heavy atom. The molecule has 4 amide bonds. The van der Waals surface area contributed by atoms with Gasteiger partial charge in [0.25, 0.3) is 5.91 Å². The van der Waals surface area contributed by atoms with Gasteiger partial charge in [-0.05, 0) is 90.7 Å². The Morgan fingerprint density at radius 1 is 1.09 bits per heavy atom.